The Morgan fingerprint density at radius 3 is 2.65 bits per heavy atom. The SMILES string of the molecule is Cn1nc(Cc2ccc(Cl)c(Cl)c2)nc1CN. The minimum atomic E-state index is 0.380. The summed E-state index contributed by atoms with van der Waals surface area (Å²) in [5, 5.41) is 5.37. The highest BCUT2D eigenvalue weighted by Gasteiger charge is 2.07. The maximum absolute atomic E-state index is 5.95. The predicted molar refractivity (Wildman–Crippen MR) is 68.2 cm³/mol. The van der Waals surface area contributed by atoms with Crippen molar-refractivity contribution in [3.8, 4) is 0 Å². The minimum Gasteiger partial charge on any atom is -0.324 e. The minimum absolute atomic E-state index is 0.380. The maximum Gasteiger partial charge on any atom is 0.155 e. The Morgan fingerprint density at radius 1 is 1.29 bits per heavy atom. The van der Waals surface area contributed by atoms with Crippen LogP contribution in [0.4, 0.5) is 0 Å². The zero-order chi connectivity index (χ0) is 12.4. The van der Waals surface area contributed by atoms with Crippen LogP contribution in [-0.4, -0.2) is 14.8 Å². The van der Waals surface area contributed by atoms with Crippen LogP contribution >= 0.6 is 23.2 Å². The van der Waals surface area contributed by atoms with E-state index in [1.807, 2.05) is 19.2 Å². The van der Waals surface area contributed by atoms with Crippen LogP contribution < -0.4 is 5.73 Å². The van der Waals surface area contributed by atoms with Crippen molar-refractivity contribution < 1.29 is 0 Å². The van der Waals surface area contributed by atoms with Gasteiger partial charge in [-0.1, -0.05) is 29.3 Å². The third-order valence-corrected chi connectivity index (χ3v) is 3.16. The molecule has 0 atom stereocenters. The van der Waals surface area contributed by atoms with Crippen LogP contribution in [0.25, 0.3) is 0 Å². The first kappa shape index (κ1) is 12.4. The van der Waals surface area contributed by atoms with E-state index < -0.39 is 0 Å². The molecule has 1 heterocycles. The molecule has 1 aromatic heterocycles. The molecule has 2 aromatic rings. The highest BCUT2D eigenvalue weighted by molar-refractivity contribution is 6.42. The molecular formula is C11H12Cl2N4. The second-order valence-corrected chi connectivity index (χ2v) is 4.51. The van der Waals surface area contributed by atoms with Gasteiger partial charge in [0.2, 0.25) is 0 Å². The van der Waals surface area contributed by atoms with Crippen LogP contribution in [0.1, 0.15) is 17.2 Å². The van der Waals surface area contributed by atoms with E-state index in [0.717, 1.165) is 17.2 Å². The summed E-state index contributed by atoms with van der Waals surface area (Å²) in [4.78, 5) is 4.33. The highest BCUT2D eigenvalue weighted by atomic mass is 35.5. The molecule has 4 nitrogen and oxygen atoms in total. The molecule has 0 saturated heterocycles. The molecule has 0 unspecified atom stereocenters. The van der Waals surface area contributed by atoms with Crippen molar-refractivity contribution in [2.45, 2.75) is 13.0 Å². The lowest BCUT2D eigenvalue weighted by Gasteiger charge is -2.00. The van der Waals surface area contributed by atoms with E-state index in [4.69, 9.17) is 28.9 Å². The first-order valence-electron chi connectivity index (χ1n) is 5.13. The lowest BCUT2D eigenvalue weighted by Crippen LogP contribution is -2.05. The largest absolute Gasteiger partial charge is 0.324 e. The molecule has 0 saturated carbocycles. The van der Waals surface area contributed by atoms with Gasteiger partial charge >= 0.3 is 0 Å². The Balaban J connectivity index is 2.22. The van der Waals surface area contributed by atoms with E-state index in [-0.39, 0.29) is 0 Å². The second-order valence-electron chi connectivity index (χ2n) is 3.70. The normalized spacial score (nSPS) is 10.8. The summed E-state index contributed by atoms with van der Waals surface area (Å²) in [6.45, 7) is 0.380. The van der Waals surface area contributed by atoms with Crippen molar-refractivity contribution in [1.29, 1.82) is 0 Å². The van der Waals surface area contributed by atoms with Gasteiger partial charge in [0.15, 0.2) is 5.82 Å². The lowest BCUT2D eigenvalue weighted by molar-refractivity contribution is 0.696. The number of halogens is 2. The summed E-state index contributed by atoms with van der Waals surface area (Å²) in [5.74, 6) is 1.49. The smallest absolute Gasteiger partial charge is 0.155 e. The summed E-state index contributed by atoms with van der Waals surface area (Å²) in [6.07, 6.45) is 0.616. The van der Waals surface area contributed by atoms with E-state index in [1.165, 1.54) is 0 Å². The maximum atomic E-state index is 5.95. The Bertz CT molecular complexity index is 536. The van der Waals surface area contributed by atoms with Crippen LogP contribution in [0.5, 0.6) is 0 Å². The van der Waals surface area contributed by atoms with Gasteiger partial charge in [0, 0.05) is 13.5 Å². The van der Waals surface area contributed by atoms with Crippen LogP contribution in [0.15, 0.2) is 18.2 Å². The number of nitrogens with two attached hydrogens (primary N) is 1. The molecule has 2 N–H and O–H groups in total. The number of hydrogen-bond acceptors (Lipinski definition) is 3. The first-order valence-corrected chi connectivity index (χ1v) is 5.88. The van der Waals surface area contributed by atoms with Crippen LogP contribution in [0, 0.1) is 0 Å². The van der Waals surface area contributed by atoms with Gasteiger partial charge in [-0.05, 0) is 17.7 Å². The average Bonchev–Trinajstić information content (AvgIpc) is 2.64. The summed E-state index contributed by atoms with van der Waals surface area (Å²) in [6, 6.07) is 5.50. The molecule has 0 bridgehead atoms. The first-order chi connectivity index (χ1) is 8.10. The summed E-state index contributed by atoms with van der Waals surface area (Å²) in [7, 11) is 1.83. The van der Waals surface area contributed by atoms with E-state index in [2.05, 4.69) is 10.1 Å². The highest BCUT2D eigenvalue weighted by Crippen LogP contribution is 2.23. The van der Waals surface area contributed by atoms with Crippen molar-refractivity contribution in [3.63, 3.8) is 0 Å². The molecule has 0 fully saturated rings. The van der Waals surface area contributed by atoms with Gasteiger partial charge in [0.1, 0.15) is 5.82 Å². The van der Waals surface area contributed by atoms with Gasteiger partial charge in [-0.2, -0.15) is 5.10 Å². The number of aryl methyl sites for hydroxylation is 1. The molecule has 0 amide bonds. The van der Waals surface area contributed by atoms with Crippen LogP contribution in [0.2, 0.25) is 10.0 Å². The quantitative estimate of drug-likeness (QED) is 0.930. The Kier molecular flexibility index (Phi) is 3.66. The molecule has 90 valence electrons. The Hall–Kier alpha value is -1.10. The zero-order valence-corrected chi connectivity index (χ0v) is 10.8. The second kappa shape index (κ2) is 5.04. The molecule has 1 aromatic carbocycles. The van der Waals surface area contributed by atoms with E-state index in [1.54, 1.807) is 10.7 Å². The Labute approximate surface area is 109 Å². The fraction of sp³-hybridized carbons (Fsp3) is 0.273. The van der Waals surface area contributed by atoms with Gasteiger partial charge in [0.25, 0.3) is 0 Å². The molecule has 0 aliphatic carbocycles. The fourth-order valence-corrected chi connectivity index (χ4v) is 1.88. The van der Waals surface area contributed by atoms with Crippen LogP contribution in [0.3, 0.4) is 0 Å². The van der Waals surface area contributed by atoms with E-state index in [0.29, 0.717) is 23.0 Å². The van der Waals surface area contributed by atoms with Crippen molar-refractivity contribution in [2.75, 3.05) is 0 Å². The lowest BCUT2D eigenvalue weighted by atomic mass is 10.1. The fourth-order valence-electron chi connectivity index (χ4n) is 1.56. The third-order valence-electron chi connectivity index (χ3n) is 2.43. The summed E-state index contributed by atoms with van der Waals surface area (Å²) >= 11 is 11.8. The summed E-state index contributed by atoms with van der Waals surface area (Å²) in [5.41, 5.74) is 6.56. The Morgan fingerprint density at radius 2 is 2.06 bits per heavy atom. The number of nitrogens with zero attached hydrogens (tertiary/aromatic N) is 3. The van der Waals surface area contributed by atoms with E-state index >= 15 is 0 Å². The molecule has 0 aliphatic rings. The van der Waals surface area contributed by atoms with Gasteiger partial charge in [0.05, 0.1) is 16.6 Å². The number of hydrogen-bond donors (Lipinski definition) is 1. The molecule has 17 heavy (non-hydrogen) atoms. The van der Waals surface area contributed by atoms with Gasteiger partial charge in [-0.15, -0.1) is 0 Å². The molecule has 0 aliphatic heterocycles. The molecule has 0 spiro atoms. The van der Waals surface area contributed by atoms with Crippen molar-refractivity contribution >= 4 is 23.2 Å². The molecule has 2 rings (SSSR count). The van der Waals surface area contributed by atoms with Gasteiger partial charge < -0.3 is 5.73 Å². The van der Waals surface area contributed by atoms with Crippen molar-refractivity contribution in [3.05, 3.63) is 45.5 Å². The molecule has 0 radical (unpaired) electrons. The molecule has 6 heteroatoms. The standard InChI is InChI=1S/C11H12Cl2N4/c1-17-11(6-14)15-10(16-17)5-7-2-3-8(12)9(13)4-7/h2-4H,5-6,14H2,1H3. The third kappa shape index (κ3) is 2.77. The van der Waals surface area contributed by atoms with Gasteiger partial charge in [-0.3, -0.25) is 4.68 Å². The number of rotatable bonds is 3. The van der Waals surface area contributed by atoms with Crippen molar-refractivity contribution in [2.24, 2.45) is 12.8 Å². The summed E-state index contributed by atoms with van der Waals surface area (Å²) < 4.78 is 1.69. The number of aromatic nitrogens is 3. The number of benzene rings is 1. The average molecular weight is 271 g/mol. The topological polar surface area (TPSA) is 56.7 Å². The molecular weight excluding hydrogens is 259 g/mol. The van der Waals surface area contributed by atoms with E-state index in [9.17, 15) is 0 Å². The van der Waals surface area contributed by atoms with Gasteiger partial charge in [-0.25, -0.2) is 4.98 Å². The monoisotopic (exact) mass is 270 g/mol. The van der Waals surface area contributed by atoms with Crippen LogP contribution in [-0.2, 0) is 20.0 Å². The zero-order valence-electron chi connectivity index (χ0n) is 9.32. The van der Waals surface area contributed by atoms with Crippen molar-refractivity contribution in [1.82, 2.24) is 14.8 Å². The predicted octanol–water partition coefficient (Wildman–Crippen LogP) is 2.17.